The van der Waals surface area contributed by atoms with Gasteiger partial charge in [0.1, 0.15) is 10.6 Å². The molecule has 2 heterocycles. The lowest BCUT2D eigenvalue weighted by atomic mass is 10.1. The molecule has 2 aromatic rings. The number of hydrazine groups is 1. The Morgan fingerprint density at radius 1 is 1.13 bits per heavy atom. The summed E-state index contributed by atoms with van der Waals surface area (Å²) in [6, 6.07) is 14.6. The highest BCUT2D eigenvalue weighted by Gasteiger charge is 2.42. The highest BCUT2D eigenvalue weighted by molar-refractivity contribution is 8.17. The molecular formula is C21H20Cl2N4O2S. The Labute approximate surface area is 190 Å². The molecule has 0 aliphatic carbocycles. The van der Waals surface area contributed by atoms with Gasteiger partial charge in [-0.05, 0) is 56.8 Å². The lowest BCUT2D eigenvalue weighted by Gasteiger charge is -2.35. The first kappa shape index (κ1) is 22.4. The molecule has 0 saturated heterocycles. The van der Waals surface area contributed by atoms with Crippen molar-refractivity contribution in [2.24, 2.45) is 4.99 Å². The van der Waals surface area contributed by atoms with Crippen LogP contribution in [0.5, 0.6) is 0 Å². The molecule has 0 aromatic heterocycles. The largest absolute Gasteiger partial charge is 0.314 e. The second-order valence-corrected chi connectivity index (χ2v) is 8.79. The third-order valence-corrected chi connectivity index (χ3v) is 5.81. The van der Waals surface area contributed by atoms with Crippen LogP contribution in [0.1, 0.15) is 35.3 Å². The standard InChI is InChI=1S/C21H19ClN4O2S.ClH/c1-12-4-6-13(7-5-12)16-18(23-17(27)14-8-10-15(22)11-9-14)29-20-24-19(28)21(2,3)25-26(16)20;/h4-11,25H,1-3H3,(H,23,27);1H. The van der Waals surface area contributed by atoms with Gasteiger partial charge in [-0.2, -0.15) is 4.99 Å². The molecular weight excluding hydrogens is 443 g/mol. The summed E-state index contributed by atoms with van der Waals surface area (Å²) in [4.78, 5) is 29.3. The minimum Gasteiger partial charge on any atom is -0.314 e. The quantitative estimate of drug-likeness (QED) is 0.708. The van der Waals surface area contributed by atoms with Crippen molar-refractivity contribution in [1.82, 2.24) is 15.8 Å². The zero-order chi connectivity index (χ0) is 20.8. The SMILES string of the molecule is Cc1ccc(C2=C(NC(=O)c3ccc(Cl)cc3)SC3=NC(=O)C(C)(C)NN32)cc1.Cl. The summed E-state index contributed by atoms with van der Waals surface area (Å²) < 4.78 is 0. The maximum atomic E-state index is 12.8. The summed E-state index contributed by atoms with van der Waals surface area (Å²) in [5.41, 5.74) is 5.63. The van der Waals surface area contributed by atoms with Crippen molar-refractivity contribution in [3.05, 3.63) is 75.3 Å². The predicted octanol–water partition coefficient (Wildman–Crippen LogP) is 4.35. The van der Waals surface area contributed by atoms with Crippen LogP contribution in [0.4, 0.5) is 0 Å². The topological polar surface area (TPSA) is 73.8 Å². The van der Waals surface area contributed by atoms with Crippen molar-refractivity contribution < 1.29 is 9.59 Å². The molecule has 2 N–H and O–H groups in total. The molecule has 0 atom stereocenters. The van der Waals surface area contributed by atoms with Crippen LogP contribution in [0.2, 0.25) is 5.02 Å². The Bertz CT molecular complexity index is 1060. The van der Waals surface area contributed by atoms with Gasteiger partial charge < -0.3 is 5.32 Å². The summed E-state index contributed by atoms with van der Waals surface area (Å²) >= 11 is 7.16. The molecule has 2 aliphatic heterocycles. The maximum absolute atomic E-state index is 12.8. The number of nitrogens with zero attached hydrogens (tertiary/aromatic N) is 2. The predicted molar refractivity (Wildman–Crippen MR) is 123 cm³/mol. The Morgan fingerprint density at radius 3 is 2.40 bits per heavy atom. The fourth-order valence-electron chi connectivity index (χ4n) is 2.95. The van der Waals surface area contributed by atoms with Gasteiger partial charge in [-0.15, -0.1) is 12.4 Å². The third-order valence-electron chi connectivity index (χ3n) is 4.60. The van der Waals surface area contributed by atoms with E-state index < -0.39 is 5.54 Å². The van der Waals surface area contributed by atoms with E-state index in [2.05, 4.69) is 15.7 Å². The number of hydrogen-bond acceptors (Lipinski definition) is 5. The van der Waals surface area contributed by atoms with Gasteiger partial charge in [0.25, 0.3) is 11.8 Å². The van der Waals surface area contributed by atoms with E-state index >= 15 is 0 Å². The monoisotopic (exact) mass is 462 g/mol. The number of aliphatic imine (C=N–C) groups is 1. The van der Waals surface area contributed by atoms with Crippen molar-refractivity contribution in [2.75, 3.05) is 0 Å². The number of carbonyl (C=O) groups excluding carboxylic acids is 2. The molecule has 30 heavy (non-hydrogen) atoms. The molecule has 2 aromatic carbocycles. The number of thioether (sulfide) groups is 1. The summed E-state index contributed by atoms with van der Waals surface area (Å²) in [5, 5.41) is 6.38. The molecule has 0 saturated carbocycles. The van der Waals surface area contributed by atoms with Crippen LogP contribution in [-0.4, -0.2) is 27.5 Å². The zero-order valence-electron chi connectivity index (χ0n) is 16.5. The second kappa shape index (κ2) is 8.43. The fourth-order valence-corrected chi connectivity index (χ4v) is 4.06. The Hall–Kier alpha value is -2.32. The van der Waals surface area contributed by atoms with Crippen molar-refractivity contribution >= 4 is 58.4 Å². The van der Waals surface area contributed by atoms with Gasteiger partial charge in [-0.25, -0.2) is 10.4 Å². The van der Waals surface area contributed by atoms with E-state index in [1.54, 1.807) is 43.1 Å². The smallest absolute Gasteiger partial charge is 0.269 e. The van der Waals surface area contributed by atoms with E-state index in [1.165, 1.54) is 11.8 Å². The van der Waals surface area contributed by atoms with Crippen LogP contribution in [0.25, 0.3) is 5.70 Å². The zero-order valence-corrected chi connectivity index (χ0v) is 18.9. The summed E-state index contributed by atoms with van der Waals surface area (Å²) in [6.07, 6.45) is 0. The van der Waals surface area contributed by atoms with Crippen LogP contribution in [-0.2, 0) is 4.79 Å². The van der Waals surface area contributed by atoms with Crippen LogP contribution < -0.4 is 10.7 Å². The molecule has 6 nitrogen and oxygen atoms in total. The fraction of sp³-hybridized carbons (Fsp3) is 0.190. The molecule has 156 valence electrons. The normalized spacial score (nSPS) is 17.3. The van der Waals surface area contributed by atoms with Crippen LogP contribution in [0, 0.1) is 6.92 Å². The molecule has 9 heteroatoms. The number of fused-ring (bicyclic) bond motifs is 1. The first-order valence-corrected chi connectivity index (χ1v) is 10.2. The van der Waals surface area contributed by atoms with Crippen LogP contribution in [0.15, 0.2) is 58.6 Å². The lowest BCUT2D eigenvalue weighted by Crippen LogP contribution is -2.58. The molecule has 0 bridgehead atoms. The lowest BCUT2D eigenvalue weighted by molar-refractivity contribution is -0.124. The molecule has 4 rings (SSSR count). The van der Waals surface area contributed by atoms with E-state index in [9.17, 15) is 9.59 Å². The number of hydrogen-bond donors (Lipinski definition) is 2. The van der Waals surface area contributed by atoms with Gasteiger partial charge >= 0.3 is 0 Å². The van der Waals surface area contributed by atoms with Crippen LogP contribution in [0.3, 0.4) is 0 Å². The van der Waals surface area contributed by atoms with Crippen molar-refractivity contribution in [3.63, 3.8) is 0 Å². The van der Waals surface area contributed by atoms with E-state index in [0.29, 0.717) is 20.8 Å². The number of halogens is 2. The van der Waals surface area contributed by atoms with Crippen molar-refractivity contribution in [1.29, 1.82) is 0 Å². The van der Waals surface area contributed by atoms with E-state index in [0.717, 1.165) is 16.8 Å². The Kier molecular flexibility index (Phi) is 6.29. The minimum absolute atomic E-state index is 0. The first-order valence-electron chi connectivity index (χ1n) is 9.02. The van der Waals surface area contributed by atoms with Gasteiger partial charge in [0.2, 0.25) is 0 Å². The molecule has 2 aliphatic rings. The second-order valence-electron chi connectivity index (χ2n) is 7.38. The molecule has 0 fully saturated rings. The number of nitrogens with one attached hydrogen (secondary N) is 2. The van der Waals surface area contributed by atoms with Gasteiger partial charge in [-0.3, -0.25) is 9.59 Å². The molecule has 0 spiro atoms. The van der Waals surface area contributed by atoms with Crippen molar-refractivity contribution in [3.8, 4) is 0 Å². The average molecular weight is 463 g/mol. The summed E-state index contributed by atoms with van der Waals surface area (Å²) in [7, 11) is 0. The number of rotatable bonds is 3. The number of carbonyl (C=O) groups is 2. The summed E-state index contributed by atoms with van der Waals surface area (Å²) in [6.45, 7) is 5.56. The third kappa shape index (κ3) is 4.25. The van der Waals surface area contributed by atoms with E-state index in [1.807, 2.05) is 31.2 Å². The highest BCUT2D eigenvalue weighted by Crippen LogP contribution is 2.40. The molecule has 0 radical (unpaired) electrons. The van der Waals surface area contributed by atoms with Gasteiger partial charge in [-0.1, -0.05) is 41.4 Å². The first-order chi connectivity index (χ1) is 13.7. The van der Waals surface area contributed by atoms with Gasteiger partial charge in [0.15, 0.2) is 5.17 Å². The number of aryl methyl sites for hydroxylation is 1. The highest BCUT2D eigenvalue weighted by atomic mass is 35.5. The van der Waals surface area contributed by atoms with Crippen molar-refractivity contribution in [2.45, 2.75) is 26.3 Å². The van der Waals surface area contributed by atoms with Gasteiger partial charge in [0, 0.05) is 16.1 Å². The number of amides is 2. The maximum Gasteiger partial charge on any atom is 0.269 e. The molecule has 2 amide bonds. The Balaban J connectivity index is 0.00000256. The summed E-state index contributed by atoms with van der Waals surface area (Å²) in [5.74, 6) is -0.524. The molecule has 0 unspecified atom stereocenters. The average Bonchev–Trinajstić information content (AvgIpc) is 2.99. The Morgan fingerprint density at radius 2 is 1.77 bits per heavy atom. The minimum atomic E-state index is -0.852. The van der Waals surface area contributed by atoms with E-state index in [4.69, 9.17) is 11.6 Å². The van der Waals surface area contributed by atoms with Crippen LogP contribution >= 0.6 is 35.8 Å². The number of benzene rings is 2. The van der Waals surface area contributed by atoms with E-state index in [-0.39, 0.29) is 24.2 Å². The number of amidine groups is 1. The van der Waals surface area contributed by atoms with Gasteiger partial charge in [0.05, 0.1) is 5.70 Å².